The lowest BCUT2D eigenvalue weighted by Crippen LogP contribution is -2.15. The molecule has 1 N–H and O–H groups in total. The lowest BCUT2D eigenvalue weighted by molar-refractivity contribution is -0.141. The summed E-state index contributed by atoms with van der Waals surface area (Å²) in [5.41, 5.74) is 2.96. The van der Waals surface area contributed by atoms with E-state index in [9.17, 15) is 9.59 Å². The second-order valence-corrected chi connectivity index (χ2v) is 4.88. The largest absolute Gasteiger partial charge is 0.481 e. The van der Waals surface area contributed by atoms with Crippen molar-refractivity contribution in [3.05, 3.63) is 29.3 Å². The third-order valence-corrected chi connectivity index (χ3v) is 3.44. The molecule has 0 spiro atoms. The molecule has 0 saturated heterocycles. The van der Waals surface area contributed by atoms with Gasteiger partial charge in [-0.05, 0) is 30.2 Å². The van der Waals surface area contributed by atoms with Crippen LogP contribution in [0.15, 0.2) is 18.2 Å². The first-order chi connectivity index (χ1) is 8.49. The van der Waals surface area contributed by atoms with E-state index in [0.29, 0.717) is 5.56 Å². The molecule has 18 heavy (non-hydrogen) atoms. The van der Waals surface area contributed by atoms with Gasteiger partial charge in [0.05, 0.1) is 5.92 Å². The Balaban J connectivity index is 2.15. The molecule has 1 atom stereocenters. The highest BCUT2D eigenvalue weighted by Crippen LogP contribution is 2.28. The number of ketones is 1. The van der Waals surface area contributed by atoms with Crippen LogP contribution in [0.3, 0.4) is 0 Å². The van der Waals surface area contributed by atoms with Gasteiger partial charge in [0.25, 0.3) is 0 Å². The van der Waals surface area contributed by atoms with Crippen molar-refractivity contribution >= 4 is 17.4 Å². The van der Waals surface area contributed by atoms with E-state index >= 15 is 0 Å². The third-order valence-electron chi connectivity index (χ3n) is 3.44. The summed E-state index contributed by atoms with van der Waals surface area (Å²) in [5, 5.41) is 8.81. The van der Waals surface area contributed by atoms with Crippen molar-refractivity contribution in [2.24, 2.45) is 5.92 Å². The summed E-state index contributed by atoms with van der Waals surface area (Å²) < 4.78 is 0. The normalized spacial score (nSPS) is 15.3. The molecule has 0 aliphatic carbocycles. The van der Waals surface area contributed by atoms with Crippen LogP contribution in [0.5, 0.6) is 0 Å². The van der Waals surface area contributed by atoms with Crippen LogP contribution in [-0.4, -0.2) is 30.5 Å². The minimum absolute atomic E-state index is 0.0595. The molecular formula is C14H17NO3. The highest BCUT2D eigenvalue weighted by atomic mass is 16.4. The lowest BCUT2D eigenvalue weighted by atomic mass is 9.98. The number of carboxylic acids is 1. The standard InChI is InChI=1S/C14H17NO3/c1-9(14(17)18)7-13(16)11-3-4-12-10(8-11)5-6-15(12)2/h3-4,8-9H,5-7H2,1-2H3,(H,17,18). The Bertz CT molecular complexity index is 496. The Kier molecular flexibility index (Phi) is 3.36. The number of carbonyl (C=O) groups is 2. The molecule has 0 amide bonds. The molecule has 96 valence electrons. The van der Waals surface area contributed by atoms with Gasteiger partial charge in [-0.1, -0.05) is 6.92 Å². The van der Waals surface area contributed by atoms with Crippen molar-refractivity contribution in [3.8, 4) is 0 Å². The molecule has 1 heterocycles. The number of benzene rings is 1. The Morgan fingerprint density at radius 1 is 1.44 bits per heavy atom. The molecule has 1 aromatic rings. The minimum Gasteiger partial charge on any atom is -0.481 e. The number of rotatable bonds is 4. The Morgan fingerprint density at radius 3 is 2.83 bits per heavy atom. The number of fused-ring (bicyclic) bond motifs is 1. The average Bonchev–Trinajstić information content (AvgIpc) is 2.70. The van der Waals surface area contributed by atoms with Crippen molar-refractivity contribution in [1.82, 2.24) is 0 Å². The van der Waals surface area contributed by atoms with Crippen LogP contribution >= 0.6 is 0 Å². The van der Waals surface area contributed by atoms with Crippen molar-refractivity contribution in [2.45, 2.75) is 19.8 Å². The van der Waals surface area contributed by atoms with Gasteiger partial charge in [-0.25, -0.2) is 0 Å². The SMILES string of the molecule is CC(CC(=O)c1ccc2c(c1)CCN2C)C(=O)O. The Labute approximate surface area is 106 Å². The number of hydrogen-bond acceptors (Lipinski definition) is 3. The van der Waals surface area contributed by atoms with Crippen LogP contribution in [0, 0.1) is 5.92 Å². The first-order valence-corrected chi connectivity index (χ1v) is 6.09. The summed E-state index contributed by atoms with van der Waals surface area (Å²) in [6.07, 6.45) is 1.01. The van der Waals surface area contributed by atoms with E-state index in [1.165, 1.54) is 5.56 Å². The predicted octanol–water partition coefficient (Wildman–Crippen LogP) is 1.97. The number of anilines is 1. The Hall–Kier alpha value is -1.84. The van der Waals surface area contributed by atoms with Crippen molar-refractivity contribution in [1.29, 1.82) is 0 Å². The average molecular weight is 247 g/mol. The maximum atomic E-state index is 12.0. The first-order valence-electron chi connectivity index (χ1n) is 6.09. The van der Waals surface area contributed by atoms with E-state index in [1.807, 2.05) is 19.2 Å². The van der Waals surface area contributed by atoms with Gasteiger partial charge >= 0.3 is 5.97 Å². The fourth-order valence-electron chi connectivity index (χ4n) is 2.22. The van der Waals surface area contributed by atoms with Gasteiger partial charge in [0.15, 0.2) is 5.78 Å². The zero-order chi connectivity index (χ0) is 13.3. The number of Topliss-reactive ketones (excluding diaryl/α,β-unsaturated/α-hetero) is 1. The second kappa shape index (κ2) is 4.80. The zero-order valence-corrected chi connectivity index (χ0v) is 10.6. The highest BCUT2D eigenvalue weighted by Gasteiger charge is 2.20. The fraction of sp³-hybridized carbons (Fsp3) is 0.429. The molecular weight excluding hydrogens is 230 g/mol. The van der Waals surface area contributed by atoms with Crippen molar-refractivity contribution in [2.75, 3.05) is 18.5 Å². The molecule has 1 aliphatic heterocycles. The summed E-state index contributed by atoms with van der Waals surface area (Å²) in [7, 11) is 2.03. The number of carbonyl (C=O) groups excluding carboxylic acids is 1. The van der Waals surface area contributed by atoms with Gasteiger partial charge in [-0.2, -0.15) is 0 Å². The van der Waals surface area contributed by atoms with Crippen LogP contribution < -0.4 is 4.90 Å². The highest BCUT2D eigenvalue weighted by molar-refractivity contribution is 5.98. The summed E-state index contributed by atoms with van der Waals surface area (Å²) in [6.45, 7) is 2.53. The van der Waals surface area contributed by atoms with E-state index in [1.54, 1.807) is 13.0 Å². The van der Waals surface area contributed by atoms with Crippen LogP contribution in [0.25, 0.3) is 0 Å². The summed E-state index contributed by atoms with van der Waals surface area (Å²) >= 11 is 0. The fourth-order valence-corrected chi connectivity index (χ4v) is 2.22. The minimum atomic E-state index is -0.927. The summed E-state index contributed by atoms with van der Waals surface area (Å²) in [4.78, 5) is 24.9. The zero-order valence-electron chi connectivity index (χ0n) is 10.6. The molecule has 2 rings (SSSR count). The van der Waals surface area contributed by atoms with E-state index in [0.717, 1.165) is 18.7 Å². The van der Waals surface area contributed by atoms with Crippen molar-refractivity contribution < 1.29 is 14.7 Å². The Morgan fingerprint density at radius 2 is 2.17 bits per heavy atom. The molecule has 1 unspecified atom stereocenters. The van der Waals surface area contributed by atoms with Gasteiger partial charge in [0.2, 0.25) is 0 Å². The van der Waals surface area contributed by atoms with E-state index in [4.69, 9.17) is 5.11 Å². The van der Waals surface area contributed by atoms with Crippen LogP contribution in [0.1, 0.15) is 29.3 Å². The quantitative estimate of drug-likeness (QED) is 0.826. The topological polar surface area (TPSA) is 57.6 Å². The molecule has 0 radical (unpaired) electrons. The van der Waals surface area contributed by atoms with Crippen molar-refractivity contribution in [3.63, 3.8) is 0 Å². The second-order valence-electron chi connectivity index (χ2n) is 4.88. The smallest absolute Gasteiger partial charge is 0.306 e. The van der Waals surface area contributed by atoms with Crippen LogP contribution in [-0.2, 0) is 11.2 Å². The molecule has 4 nitrogen and oxygen atoms in total. The van der Waals surface area contributed by atoms with E-state index in [-0.39, 0.29) is 12.2 Å². The number of nitrogens with zero attached hydrogens (tertiary/aromatic N) is 1. The maximum absolute atomic E-state index is 12.0. The van der Waals surface area contributed by atoms with E-state index in [2.05, 4.69) is 4.90 Å². The first kappa shape index (κ1) is 12.6. The van der Waals surface area contributed by atoms with Crippen LogP contribution in [0.4, 0.5) is 5.69 Å². The predicted molar refractivity (Wildman–Crippen MR) is 69.2 cm³/mol. The lowest BCUT2D eigenvalue weighted by Gasteiger charge is -2.12. The molecule has 4 heteroatoms. The van der Waals surface area contributed by atoms with Gasteiger partial charge in [-0.15, -0.1) is 0 Å². The monoisotopic (exact) mass is 247 g/mol. The molecule has 1 aliphatic rings. The number of likely N-dealkylation sites (N-methyl/N-ethyl adjacent to an activating group) is 1. The number of aliphatic carboxylic acids is 1. The number of carboxylic acid groups (broad SMARTS) is 1. The van der Waals surface area contributed by atoms with Gasteiger partial charge in [0.1, 0.15) is 0 Å². The summed E-state index contributed by atoms with van der Waals surface area (Å²) in [6, 6.07) is 5.63. The van der Waals surface area contributed by atoms with Gasteiger partial charge < -0.3 is 10.0 Å². The molecule has 0 fully saturated rings. The number of hydrogen-bond donors (Lipinski definition) is 1. The molecule has 0 bridgehead atoms. The van der Waals surface area contributed by atoms with Gasteiger partial charge in [0, 0.05) is 31.3 Å². The molecule has 0 aromatic heterocycles. The molecule has 1 aromatic carbocycles. The van der Waals surface area contributed by atoms with E-state index < -0.39 is 11.9 Å². The summed E-state index contributed by atoms with van der Waals surface area (Å²) in [5.74, 6) is -1.65. The van der Waals surface area contributed by atoms with Crippen LogP contribution in [0.2, 0.25) is 0 Å². The van der Waals surface area contributed by atoms with Gasteiger partial charge in [-0.3, -0.25) is 9.59 Å². The molecule has 0 saturated carbocycles. The maximum Gasteiger partial charge on any atom is 0.306 e. The third kappa shape index (κ3) is 2.37.